The minimum atomic E-state index is -0.406. The Labute approximate surface area is 111 Å². The Bertz CT molecular complexity index is 601. The number of ether oxygens (including phenoxy) is 1. The van der Waals surface area contributed by atoms with Gasteiger partial charge in [-0.05, 0) is 12.1 Å². The zero-order valence-corrected chi connectivity index (χ0v) is 11.4. The molecular formula is C13H17FN4O. The van der Waals surface area contributed by atoms with Crippen LogP contribution in [0.25, 0.3) is 5.69 Å². The lowest BCUT2D eigenvalue weighted by molar-refractivity contribution is 0.412. The Morgan fingerprint density at radius 1 is 1.32 bits per heavy atom. The Kier molecular flexibility index (Phi) is 3.18. The molecule has 0 spiro atoms. The number of anilines is 1. The van der Waals surface area contributed by atoms with Crippen molar-refractivity contribution < 1.29 is 9.13 Å². The molecule has 0 aliphatic heterocycles. The third-order valence-electron chi connectivity index (χ3n) is 2.79. The number of methoxy groups -OCH3 is 1. The van der Waals surface area contributed by atoms with Crippen LogP contribution in [0.3, 0.4) is 0 Å². The predicted molar refractivity (Wildman–Crippen MR) is 71.0 cm³/mol. The van der Waals surface area contributed by atoms with Gasteiger partial charge in [-0.2, -0.15) is 0 Å². The molecule has 0 fully saturated rings. The van der Waals surface area contributed by atoms with Gasteiger partial charge in [0.15, 0.2) is 5.82 Å². The third-order valence-corrected chi connectivity index (χ3v) is 2.79. The van der Waals surface area contributed by atoms with Gasteiger partial charge in [0.1, 0.15) is 17.3 Å². The van der Waals surface area contributed by atoms with E-state index in [9.17, 15) is 4.39 Å². The number of hydrogen-bond acceptors (Lipinski definition) is 4. The van der Waals surface area contributed by atoms with Crippen LogP contribution in [0.4, 0.5) is 10.2 Å². The minimum Gasteiger partial charge on any atom is -0.497 e. The van der Waals surface area contributed by atoms with E-state index in [0.717, 1.165) is 0 Å². The van der Waals surface area contributed by atoms with Crippen LogP contribution >= 0.6 is 0 Å². The fourth-order valence-corrected chi connectivity index (χ4v) is 1.95. The van der Waals surface area contributed by atoms with Crippen molar-refractivity contribution in [3.8, 4) is 11.4 Å². The summed E-state index contributed by atoms with van der Waals surface area (Å²) < 4.78 is 20.5. The molecule has 0 unspecified atom stereocenters. The highest BCUT2D eigenvalue weighted by atomic mass is 19.1. The van der Waals surface area contributed by atoms with Gasteiger partial charge in [-0.15, -0.1) is 5.10 Å². The smallest absolute Gasteiger partial charge is 0.170 e. The van der Waals surface area contributed by atoms with Gasteiger partial charge in [0.05, 0.1) is 12.8 Å². The van der Waals surface area contributed by atoms with Gasteiger partial charge in [-0.25, -0.2) is 9.07 Å². The first kappa shape index (κ1) is 13.3. The van der Waals surface area contributed by atoms with E-state index in [0.29, 0.717) is 17.3 Å². The second-order valence-electron chi connectivity index (χ2n) is 5.30. The molecule has 1 aromatic heterocycles. The lowest BCUT2D eigenvalue weighted by Crippen LogP contribution is -2.19. The first-order chi connectivity index (χ1) is 8.84. The summed E-state index contributed by atoms with van der Waals surface area (Å²) in [5, 5.41) is 7.77. The van der Waals surface area contributed by atoms with Gasteiger partial charge < -0.3 is 10.5 Å². The highest BCUT2D eigenvalue weighted by molar-refractivity contribution is 5.47. The first-order valence-electron chi connectivity index (χ1n) is 5.90. The number of hydrogen-bond donors (Lipinski definition) is 1. The summed E-state index contributed by atoms with van der Waals surface area (Å²) in [5.74, 6) is 0.441. The van der Waals surface area contributed by atoms with Crippen LogP contribution in [0.5, 0.6) is 5.75 Å². The van der Waals surface area contributed by atoms with E-state index >= 15 is 0 Å². The number of benzene rings is 1. The summed E-state index contributed by atoms with van der Waals surface area (Å²) in [4.78, 5) is 0. The predicted octanol–water partition coefficient (Wildman–Crippen LogP) is 2.29. The van der Waals surface area contributed by atoms with Crippen LogP contribution in [0.15, 0.2) is 18.2 Å². The van der Waals surface area contributed by atoms with Crippen LogP contribution in [0, 0.1) is 5.82 Å². The molecule has 0 aliphatic carbocycles. The second-order valence-corrected chi connectivity index (χ2v) is 5.30. The molecule has 1 aromatic carbocycles. The van der Waals surface area contributed by atoms with E-state index in [2.05, 4.69) is 10.3 Å². The SMILES string of the molecule is COc1ccc(F)c(-n2nnc(N)c2C(C)(C)C)c1. The lowest BCUT2D eigenvalue weighted by atomic mass is 9.91. The molecule has 0 amide bonds. The molecular weight excluding hydrogens is 247 g/mol. The minimum absolute atomic E-state index is 0.272. The van der Waals surface area contributed by atoms with Crippen molar-refractivity contribution in [1.29, 1.82) is 0 Å². The lowest BCUT2D eigenvalue weighted by Gasteiger charge is -2.20. The van der Waals surface area contributed by atoms with Crippen molar-refractivity contribution in [3.63, 3.8) is 0 Å². The average molecular weight is 264 g/mol. The monoisotopic (exact) mass is 264 g/mol. The molecule has 5 nitrogen and oxygen atoms in total. The molecule has 1 heterocycles. The zero-order valence-electron chi connectivity index (χ0n) is 11.4. The molecule has 2 rings (SSSR count). The van der Waals surface area contributed by atoms with Crippen LogP contribution in [-0.2, 0) is 5.41 Å². The average Bonchev–Trinajstić information content (AvgIpc) is 2.71. The van der Waals surface area contributed by atoms with E-state index in [1.165, 1.54) is 17.9 Å². The summed E-state index contributed by atoms with van der Waals surface area (Å²) in [6.07, 6.45) is 0. The van der Waals surface area contributed by atoms with Gasteiger partial charge in [-0.3, -0.25) is 0 Å². The topological polar surface area (TPSA) is 66.0 Å². The van der Waals surface area contributed by atoms with Crippen LogP contribution in [-0.4, -0.2) is 22.1 Å². The number of halogens is 1. The standard InChI is InChI=1S/C13H17FN4O/c1-13(2,3)11-12(15)16-17-18(11)10-7-8(19-4)5-6-9(10)14/h5-7H,15H2,1-4H3. The summed E-state index contributed by atoms with van der Waals surface area (Å²) in [6.45, 7) is 5.91. The molecule has 0 atom stereocenters. The number of aromatic nitrogens is 3. The van der Waals surface area contributed by atoms with Crippen LogP contribution < -0.4 is 10.5 Å². The Balaban J connectivity index is 2.66. The molecule has 19 heavy (non-hydrogen) atoms. The fourth-order valence-electron chi connectivity index (χ4n) is 1.95. The molecule has 0 aliphatic rings. The van der Waals surface area contributed by atoms with Crippen molar-refractivity contribution in [2.75, 3.05) is 12.8 Å². The Morgan fingerprint density at radius 2 is 2.00 bits per heavy atom. The molecule has 2 aromatic rings. The molecule has 6 heteroatoms. The normalized spacial score (nSPS) is 11.6. The van der Waals surface area contributed by atoms with E-state index in [1.807, 2.05) is 20.8 Å². The first-order valence-corrected chi connectivity index (χ1v) is 5.90. The molecule has 0 saturated heterocycles. The number of nitrogens with two attached hydrogens (primary N) is 1. The maximum Gasteiger partial charge on any atom is 0.170 e. The highest BCUT2D eigenvalue weighted by Crippen LogP contribution is 2.30. The summed E-state index contributed by atoms with van der Waals surface area (Å²) in [5.41, 5.74) is 6.47. The van der Waals surface area contributed by atoms with Crippen LogP contribution in [0.1, 0.15) is 26.5 Å². The number of nitrogens with zero attached hydrogens (tertiary/aromatic N) is 3. The number of rotatable bonds is 2. The summed E-state index contributed by atoms with van der Waals surface area (Å²) in [6, 6.07) is 4.45. The van der Waals surface area contributed by atoms with Gasteiger partial charge in [0.2, 0.25) is 0 Å². The second kappa shape index (κ2) is 4.53. The maximum absolute atomic E-state index is 14.0. The molecule has 0 radical (unpaired) electrons. The maximum atomic E-state index is 14.0. The van der Waals surface area contributed by atoms with Gasteiger partial charge in [0, 0.05) is 11.5 Å². The Hall–Kier alpha value is -2.11. The molecule has 2 N–H and O–H groups in total. The van der Waals surface area contributed by atoms with Crippen molar-refractivity contribution in [2.45, 2.75) is 26.2 Å². The van der Waals surface area contributed by atoms with Crippen molar-refractivity contribution in [2.24, 2.45) is 0 Å². The van der Waals surface area contributed by atoms with E-state index < -0.39 is 5.82 Å². The third kappa shape index (κ3) is 2.38. The van der Waals surface area contributed by atoms with Crippen molar-refractivity contribution in [3.05, 3.63) is 29.7 Å². The Morgan fingerprint density at radius 3 is 2.58 bits per heavy atom. The van der Waals surface area contributed by atoms with Gasteiger partial charge in [-0.1, -0.05) is 26.0 Å². The zero-order chi connectivity index (χ0) is 14.2. The van der Waals surface area contributed by atoms with E-state index in [4.69, 9.17) is 10.5 Å². The quantitative estimate of drug-likeness (QED) is 0.903. The van der Waals surface area contributed by atoms with Crippen molar-refractivity contribution in [1.82, 2.24) is 15.0 Å². The van der Waals surface area contributed by atoms with Crippen molar-refractivity contribution >= 4 is 5.82 Å². The summed E-state index contributed by atoms with van der Waals surface area (Å²) in [7, 11) is 1.53. The van der Waals surface area contributed by atoms with E-state index in [1.54, 1.807) is 12.1 Å². The fraction of sp³-hybridized carbons (Fsp3) is 0.385. The molecule has 0 saturated carbocycles. The van der Waals surface area contributed by atoms with Gasteiger partial charge >= 0.3 is 0 Å². The largest absolute Gasteiger partial charge is 0.497 e. The van der Waals surface area contributed by atoms with Crippen LogP contribution in [0.2, 0.25) is 0 Å². The summed E-state index contributed by atoms with van der Waals surface area (Å²) >= 11 is 0. The molecule has 0 bridgehead atoms. The highest BCUT2D eigenvalue weighted by Gasteiger charge is 2.26. The number of nitrogen functional groups attached to an aromatic ring is 1. The van der Waals surface area contributed by atoms with Gasteiger partial charge in [0.25, 0.3) is 0 Å². The van der Waals surface area contributed by atoms with E-state index in [-0.39, 0.29) is 11.1 Å². The molecule has 102 valence electrons.